The van der Waals surface area contributed by atoms with Gasteiger partial charge in [-0.3, -0.25) is 10.1 Å². The Bertz CT molecular complexity index is 460. The Kier molecular flexibility index (Phi) is 5.99. The Labute approximate surface area is 112 Å². The fourth-order valence-electron chi connectivity index (χ4n) is 1.52. The average Bonchev–Trinajstić information content (AvgIpc) is 2.39. The van der Waals surface area contributed by atoms with Crippen LogP contribution in [0, 0.1) is 10.1 Å². The molecule has 0 spiro atoms. The van der Waals surface area contributed by atoms with Crippen LogP contribution in [0.4, 0.5) is 5.69 Å². The van der Waals surface area contributed by atoms with Crippen molar-refractivity contribution in [1.29, 1.82) is 0 Å². The van der Waals surface area contributed by atoms with Gasteiger partial charge in [0.05, 0.1) is 11.1 Å². The second-order valence-electron chi connectivity index (χ2n) is 4.07. The third kappa shape index (κ3) is 5.01. The highest BCUT2D eigenvalue weighted by Gasteiger charge is 2.24. The first-order chi connectivity index (χ1) is 9.00. The van der Waals surface area contributed by atoms with E-state index in [1.807, 2.05) is 0 Å². The molecule has 106 valence electrons. The Balaban J connectivity index is 2.69. The monoisotopic (exact) mass is 287 g/mol. The smallest absolute Gasteiger partial charge is 0.378 e. The van der Waals surface area contributed by atoms with Crippen LogP contribution in [0.2, 0.25) is 0 Å². The van der Waals surface area contributed by atoms with E-state index in [0.29, 0.717) is 11.9 Å². The molecule has 0 bridgehead atoms. The van der Waals surface area contributed by atoms with Crippen LogP contribution in [0.1, 0.15) is 26.2 Å². The highest BCUT2D eigenvalue weighted by Crippen LogP contribution is 2.48. The Morgan fingerprint density at radius 2 is 1.89 bits per heavy atom. The molecule has 6 nitrogen and oxygen atoms in total. The summed E-state index contributed by atoms with van der Waals surface area (Å²) in [7, 11) is -1.82. The molecule has 19 heavy (non-hydrogen) atoms. The predicted molar refractivity (Wildman–Crippen MR) is 72.7 cm³/mol. The van der Waals surface area contributed by atoms with Crippen LogP contribution in [0.5, 0.6) is 5.75 Å². The molecule has 0 fully saturated rings. The van der Waals surface area contributed by atoms with Crippen LogP contribution in [-0.4, -0.2) is 18.2 Å². The number of benzene rings is 1. The minimum absolute atomic E-state index is 0.0365. The van der Waals surface area contributed by atoms with E-state index >= 15 is 0 Å². The van der Waals surface area contributed by atoms with Crippen molar-refractivity contribution >= 4 is 13.3 Å². The standard InChI is InChI=1S/C12H18NO5P/c1-3-4-5-10-19(16,17-2)18-12-8-6-11(7-9-12)13(14)15/h6-9H,3-5,10H2,1-2H3. The zero-order chi connectivity index (χ0) is 14.3. The molecule has 1 aromatic carbocycles. The highest BCUT2D eigenvalue weighted by molar-refractivity contribution is 7.54. The zero-order valence-corrected chi connectivity index (χ0v) is 12.0. The third-order valence-electron chi connectivity index (χ3n) is 2.61. The molecular formula is C12H18NO5P. The number of nitrogens with zero attached hydrogens (tertiary/aromatic N) is 1. The van der Waals surface area contributed by atoms with Gasteiger partial charge in [-0.15, -0.1) is 0 Å². The molecule has 0 aliphatic rings. The predicted octanol–water partition coefficient (Wildman–Crippen LogP) is 4.00. The molecule has 0 heterocycles. The minimum atomic E-state index is -3.16. The van der Waals surface area contributed by atoms with E-state index in [1.165, 1.54) is 31.4 Å². The van der Waals surface area contributed by atoms with Crippen molar-refractivity contribution in [3.05, 3.63) is 34.4 Å². The van der Waals surface area contributed by atoms with Gasteiger partial charge in [0.2, 0.25) is 0 Å². The van der Waals surface area contributed by atoms with Gasteiger partial charge < -0.3 is 9.05 Å². The number of rotatable bonds is 8. The summed E-state index contributed by atoms with van der Waals surface area (Å²) in [5, 5.41) is 10.5. The molecule has 1 unspecified atom stereocenters. The van der Waals surface area contributed by atoms with Crippen molar-refractivity contribution in [2.75, 3.05) is 13.3 Å². The van der Waals surface area contributed by atoms with Crippen molar-refractivity contribution in [3.8, 4) is 5.75 Å². The second-order valence-corrected chi connectivity index (χ2v) is 6.28. The van der Waals surface area contributed by atoms with Gasteiger partial charge >= 0.3 is 7.60 Å². The van der Waals surface area contributed by atoms with Crippen molar-refractivity contribution in [3.63, 3.8) is 0 Å². The summed E-state index contributed by atoms with van der Waals surface area (Å²) in [5.74, 6) is 0.312. The average molecular weight is 287 g/mol. The molecule has 0 aliphatic heterocycles. The van der Waals surface area contributed by atoms with E-state index in [1.54, 1.807) is 0 Å². The summed E-state index contributed by atoms with van der Waals surface area (Å²) < 4.78 is 22.6. The van der Waals surface area contributed by atoms with Crippen LogP contribution >= 0.6 is 7.60 Å². The summed E-state index contributed by atoms with van der Waals surface area (Å²) >= 11 is 0. The number of hydrogen-bond acceptors (Lipinski definition) is 5. The van der Waals surface area contributed by atoms with Crippen molar-refractivity contribution < 1.29 is 18.5 Å². The first-order valence-corrected chi connectivity index (χ1v) is 7.82. The largest absolute Gasteiger partial charge is 0.424 e. The van der Waals surface area contributed by atoms with Crippen LogP contribution in [-0.2, 0) is 9.09 Å². The van der Waals surface area contributed by atoms with Crippen molar-refractivity contribution in [2.45, 2.75) is 26.2 Å². The Morgan fingerprint density at radius 1 is 1.26 bits per heavy atom. The molecule has 7 heteroatoms. The molecule has 0 aliphatic carbocycles. The molecule has 1 rings (SSSR count). The number of unbranched alkanes of at least 4 members (excludes halogenated alkanes) is 2. The first-order valence-electron chi connectivity index (χ1n) is 6.09. The lowest BCUT2D eigenvalue weighted by Crippen LogP contribution is -2.00. The van der Waals surface area contributed by atoms with E-state index in [-0.39, 0.29) is 5.69 Å². The summed E-state index contributed by atoms with van der Waals surface area (Å²) in [6, 6.07) is 5.45. The number of non-ortho nitro benzene ring substituents is 1. The molecule has 0 N–H and O–H groups in total. The molecule has 1 aromatic rings. The van der Waals surface area contributed by atoms with Gasteiger partial charge in [-0.05, 0) is 18.6 Å². The fraction of sp³-hybridized carbons (Fsp3) is 0.500. The summed E-state index contributed by atoms with van der Waals surface area (Å²) in [5.41, 5.74) is -0.0365. The van der Waals surface area contributed by atoms with Crippen LogP contribution < -0.4 is 4.52 Å². The van der Waals surface area contributed by atoms with Gasteiger partial charge in [0, 0.05) is 19.2 Å². The third-order valence-corrected chi connectivity index (χ3v) is 4.52. The van der Waals surface area contributed by atoms with Gasteiger partial charge in [0.25, 0.3) is 5.69 Å². The molecule has 0 aromatic heterocycles. The second kappa shape index (κ2) is 7.26. The minimum Gasteiger partial charge on any atom is -0.424 e. The molecule has 0 saturated heterocycles. The maximum Gasteiger partial charge on any atom is 0.378 e. The van der Waals surface area contributed by atoms with Crippen molar-refractivity contribution in [1.82, 2.24) is 0 Å². The lowest BCUT2D eigenvalue weighted by molar-refractivity contribution is -0.384. The quantitative estimate of drug-likeness (QED) is 0.312. The number of nitro benzene ring substituents is 1. The Hall–Kier alpha value is -1.39. The summed E-state index contributed by atoms with van der Waals surface area (Å²) in [4.78, 5) is 10.0. The van der Waals surface area contributed by atoms with Gasteiger partial charge in [-0.1, -0.05) is 19.8 Å². The van der Waals surface area contributed by atoms with Gasteiger partial charge in [-0.2, -0.15) is 0 Å². The van der Waals surface area contributed by atoms with Crippen LogP contribution in [0.3, 0.4) is 0 Å². The van der Waals surface area contributed by atoms with E-state index in [9.17, 15) is 14.7 Å². The highest BCUT2D eigenvalue weighted by atomic mass is 31.2. The molecular weight excluding hydrogens is 269 g/mol. The SMILES string of the molecule is CCCCCP(=O)(OC)Oc1ccc([N+](=O)[O-])cc1. The summed E-state index contributed by atoms with van der Waals surface area (Å²) in [6.45, 7) is 2.05. The lowest BCUT2D eigenvalue weighted by atomic mass is 10.3. The molecule has 1 atom stereocenters. The van der Waals surface area contributed by atoms with Gasteiger partial charge in [-0.25, -0.2) is 4.57 Å². The molecule has 0 radical (unpaired) electrons. The van der Waals surface area contributed by atoms with Crippen molar-refractivity contribution in [2.24, 2.45) is 0 Å². The van der Waals surface area contributed by atoms with Gasteiger partial charge in [0.15, 0.2) is 0 Å². The summed E-state index contributed by atoms with van der Waals surface area (Å²) in [6.07, 6.45) is 3.07. The number of nitro groups is 1. The van der Waals surface area contributed by atoms with E-state index in [0.717, 1.165) is 19.3 Å². The fourth-order valence-corrected chi connectivity index (χ4v) is 2.92. The lowest BCUT2D eigenvalue weighted by Gasteiger charge is -2.17. The number of hydrogen-bond donors (Lipinski definition) is 0. The van der Waals surface area contributed by atoms with E-state index in [4.69, 9.17) is 9.05 Å². The Morgan fingerprint density at radius 3 is 2.37 bits per heavy atom. The first kappa shape index (κ1) is 15.7. The maximum atomic E-state index is 12.3. The topological polar surface area (TPSA) is 78.7 Å². The van der Waals surface area contributed by atoms with E-state index < -0.39 is 12.5 Å². The van der Waals surface area contributed by atoms with E-state index in [2.05, 4.69) is 6.92 Å². The zero-order valence-electron chi connectivity index (χ0n) is 11.1. The normalized spacial score (nSPS) is 13.8. The van der Waals surface area contributed by atoms with Crippen LogP contribution in [0.15, 0.2) is 24.3 Å². The van der Waals surface area contributed by atoms with Gasteiger partial charge in [0.1, 0.15) is 5.75 Å². The maximum absolute atomic E-state index is 12.3. The molecule has 0 amide bonds. The molecule has 0 saturated carbocycles. The van der Waals surface area contributed by atoms with Crippen LogP contribution in [0.25, 0.3) is 0 Å².